The molecule has 6 nitrogen and oxygen atoms in total. The van der Waals surface area contributed by atoms with Crippen LogP contribution in [0.3, 0.4) is 0 Å². The number of aryl methyl sites for hydroxylation is 1. The molecule has 1 aromatic heterocycles. The van der Waals surface area contributed by atoms with Crippen LogP contribution in [-0.4, -0.2) is 28.8 Å². The molecule has 0 saturated carbocycles. The smallest absolute Gasteiger partial charge is 0.316 e. The molecule has 17 heavy (non-hydrogen) atoms. The Morgan fingerprint density at radius 2 is 2.35 bits per heavy atom. The van der Waals surface area contributed by atoms with Gasteiger partial charge in [0.05, 0.1) is 12.9 Å². The molecule has 94 valence electrons. The minimum Gasteiger partial charge on any atom is -0.468 e. The van der Waals surface area contributed by atoms with Crippen molar-refractivity contribution in [2.75, 3.05) is 18.3 Å². The summed E-state index contributed by atoms with van der Waals surface area (Å²) in [5.41, 5.74) is 2.49. The Bertz CT molecular complexity index is 387. The highest BCUT2D eigenvalue weighted by atomic mass is 32.2. The molecular weight excluding hydrogens is 240 g/mol. The second-order valence-corrected chi connectivity index (χ2v) is 4.26. The first-order valence-electron chi connectivity index (χ1n) is 5.23. The minimum atomic E-state index is -0.284. The number of nitrogens with two attached hydrogens (primary N) is 1. The van der Waals surface area contributed by atoms with Crippen LogP contribution in [0, 0.1) is 0 Å². The highest BCUT2D eigenvalue weighted by Crippen LogP contribution is 2.18. The molecule has 0 bridgehead atoms. The van der Waals surface area contributed by atoms with Gasteiger partial charge in [0.2, 0.25) is 0 Å². The van der Waals surface area contributed by atoms with Crippen molar-refractivity contribution in [2.24, 2.45) is 5.84 Å². The number of aromatic nitrogens is 2. The molecule has 0 aliphatic carbocycles. The van der Waals surface area contributed by atoms with Crippen LogP contribution in [0.15, 0.2) is 11.1 Å². The van der Waals surface area contributed by atoms with E-state index in [9.17, 15) is 4.79 Å². The maximum Gasteiger partial charge on any atom is 0.316 e. The van der Waals surface area contributed by atoms with Crippen molar-refractivity contribution in [3.63, 3.8) is 0 Å². The summed E-state index contributed by atoms with van der Waals surface area (Å²) < 4.78 is 4.56. The molecule has 0 atom stereocenters. The molecule has 1 heterocycles. The lowest BCUT2D eigenvalue weighted by Crippen LogP contribution is -2.11. The van der Waals surface area contributed by atoms with Crippen LogP contribution in [0.1, 0.15) is 19.2 Å². The number of thioether (sulfide) groups is 1. The van der Waals surface area contributed by atoms with Gasteiger partial charge in [-0.3, -0.25) is 4.79 Å². The van der Waals surface area contributed by atoms with Crippen LogP contribution >= 0.6 is 11.8 Å². The summed E-state index contributed by atoms with van der Waals surface area (Å²) in [4.78, 5) is 19.6. The van der Waals surface area contributed by atoms with Gasteiger partial charge in [-0.25, -0.2) is 15.8 Å². The third-order valence-electron chi connectivity index (χ3n) is 1.94. The average molecular weight is 256 g/mol. The molecule has 3 N–H and O–H groups in total. The third kappa shape index (κ3) is 4.58. The average Bonchev–Trinajstić information content (AvgIpc) is 2.36. The van der Waals surface area contributed by atoms with Crippen LogP contribution in [-0.2, 0) is 16.0 Å². The first-order chi connectivity index (χ1) is 8.19. The van der Waals surface area contributed by atoms with Crippen molar-refractivity contribution in [2.45, 2.75) is 24.8 Å². The van der Waals surface area contributed by atoms with Crippen molar-refractivity contribution in [1.82, 2.24) is 9.97 Å². The fourth-order valence-electron chi connectivity index (χ4n) is 1.15. The van der Waals surface area contributed by atoms with Gasteiger partial charge in [0.15, 0.2) is 0 Å². The molecule has 0 aliphatic rings. The fraction of sp³-hybridized carbons (Fsp3) is 0.500. The van der Waals surface area contributed by atoms with Gasteiger partial charge in [0, 0.05) is 12.5 Å². The lowest BCUT2D eigenvalue weighted by Gasteiger charge is -2.06. The number of nitrogens with zero attached hydrogens (tertiary/aromatic N) is 2. The third-order valence-corrected chi connectivity index (χ3v) is 2.82. The molecule has 0 fully saturated rings. The van der Waals surface area contributed by atoms with Gasteiger partial charge in [0.25, 0.3) is 0 Å². The van der Waals surface area contributed by atoms with Crippen LogP contribution < -0.4 is 11.3 Å². The highest BCUT2D eigenvalue weighted by Gasteiger charge is 2.07. The van der Waals surface area contributed by atoms with Crippen molar-refractivity contribution in [3.8, 4) is 0 Å². The number of nitrogens with one attached hydrogen (secondary N) is 1. The van der Waals surface area contributed by atoms with Crippen LogP contribution in [0.2, 0.25) is 0 Å². The number of anilines is 1. The molecule has 0 aromatic carbocycles. The normalized spacial score (nSPS) is 10.1. The zero-order valence-corrected chi connectivity index (χ0v) is 10.7. The van der Waals surface area contributed by atoms with Gasteiger partial charge < -0.3 is 10.2 Å². The van der Waals surface area contributed by atoms with E-state index in [4.69, 9.17) is 5.84 Å². The summed E-state index contributed by atoms with van der Waals surface area (Å²) in [5, 5.41) is 0.710. The van der Waals surface area contributed by atoms with E-state index in [1.54, 1.807) is 6.07 Å². The summed E-state index contributed by atoms with van der Waals surface area (Å²) >= 11 is 1.30. The maximum absolute atomic E-state index is 11.0. The fourth-order valence-corrected chi connectivity index (χ4v) is 1.90. The van der Waals surface area contributed by atoms with Gasteiger partial charge in [0.1, 0.15) is 16.7 Å². The second-order valence-electron chi connectivity index (χ2n) is 3.27. The molecule has 1 aromatic rings. The van der Waals surface area contributed by atoms with Gasteiger partial charge in [-0.15, -0.1) is 0 Å². The topological polar surface area (TPSA) is 90.1 Å². The number of carbonyl (C=O) groups excluding carboxylic acids is 1. The van der Waals surface area contributed by atoms with Gasteiger partial charge in [-0.1, -0.05) is 18.7 Å². The minimum absolute atomic E-state index is 0.225. The largest absolute Gasteiger partial charge is 0.468 e. The van der Waals surface area contributed by atoms with E-state index in [2.05, 4.69) is 20.1 Å². The number of nitrogen functional groups attached to an aromatic ring is 1. The van der Waals surface area contributed by atoms with Gasteiger partial charge >= 0.3 is 5.97 Å². The van der Waals surface area contributed by atoms with E-state index in [0.717, 1.165) is 18.7 Å². The molecule has 0 radical (unpaired) electrons. The summed E-state index contributed by atoms with van der Waals surface area (Å²) in [6.07, 6.45) is 1.73. The highest BCUT2D eigenvalue weighted by molar-refractivity contribution is 7.99. The number of carbonyl (C=O) groups is 1. The standard InChI is InChI=1S/C10H16N4O2S/c1-3-4-7-12-8(14-11)5-9(13-7)17-6-10(15)16-2/h5H,3-4,6,11H2,1-2H3,(H,12,13,14). The van der Waals surface area contributed by atoms with Crippen molar-refractivity contribution in [3.05, 3.63) is 11.9 Å². The van der Waals surface area contributed by atoms with E-state index < -0.39 is 0 Å². The number of rotatable bonds is 6. The first kappa shape index (κ1) is 13.7. The number of hydrazine groups is 1. The van der Waals surface area contributed by atoms with E-state index >= 15 is 0 Å². The summed E-state index contributed by atoms with van der Waals surface area (Å²) in [7, 11) is 1.36. The lowest BCUT2D eigenvalue weighted by atomic mass is 10.3. The molecule has 7 heteroatoms. The van der Waals surface area contributed by atoms with Crippen LogP contribution in [0.4, 0.5) is 5.82 Å². The Balaban J connectivity index is 2.75. The number of esters is 1. The number of hydrogen-bond acceptors (Lipinski definition) is 7. The van der Waals surface area contributed by atoms with Crippen molar-refractivity contribution >= 4 is 23.5 Å². The Kier molecular flexibility index (Phi) is 5.71. The van der Waals surface area contributed by atoms with E-state index in [1.165, 1.54) is 18.9 Å². The summed E-state index contributed by atoms with van der Waals surface area (Å²) in [5.74, 6) is 6.54. The van der Waals surface area contributed by atoms with E-state index in [0.29, 0.717) is 10.8 Å². The predicted molar refractivity (Wildman–Crippen MR) is 66.6 cm³/mol. The predicted octanol–water partition coefficient (Wildman–Crippen LogP) is 0.980. The Morgan fingerprint density at radius 1 is 1.59 bits per heavy atom. The molecule has 0 spiro atoms. The van der Waals surface area contributed by atoms with Crippen molar-refractivity contribution < 1.29 is 9.53 Å². The Hall–Kier alpha value is -1.34. The SMILES string of the molecule is CCCc1nc(NN)cc(SCC(=O)OC)n1. The van der Waals surface area contributed by atoms with Gasteiger partial charge in [-0.05, 0) is 6.42 Å². The second kappa shape index (κ2) is 7.08. The molecule has 0 aliphatic heterocycles. The van der Waals surface area contributed by atoms with Crippen LogP contribution in [0.25, 0.3) is 0 Å². The molecular formula is C10H16N4O2S. The lowest BCUT2D eigenvalue weighted by molar-refractivity contribution is -0.137. The Labute approximate surface area is 104 Å². The number of methoxy groups -OCH3 is 1. The monoisotopic (exact) mass is 256 g/mol. The zero-order chi connectivity index (χ0) is 12.7. The van der Waals surface area contributed by atoms with Crippen molar-refractivity contribution in [1.29, 1.82) is 0 Å². The van der Waals surface area contributed by atoms with E-state index in [1.807, 2.05) is 6.92 Å². The number of hydrogen-bond donors (Lipinski definition) is 2. The first-order valence-corrected chi connectivity index (χ1v) is 6.22. The van der Waals surface area contributed by atoms with Gasteiger partial charge in [-0.2, -0.15) is 0 Å². The Morgan fingerprint density at radius 3 is 2.94 bits per heavy atom. The summed E-state index contributed by atoms with van der Waals surface area (Å²) in [6, 6.07) is 1.70. The zero-order valence-electron chi connectivity index (χ0n) is 9.90. The number of ether oxygens (including phenoxy) is 1. The molecule has 0 amide bonds. The molecule has 0 unspecified atom stereocenters. The van der Waals surface area contributed by atoms with Crippen LogP contribution in [0.5, 0.6) is 0 Å². The molecule has 0 saturated heterocycles. The summed E-state index contributed by atoms with van der Waals surface area (Å²) in [6.45, 7) is 2.05. The quantitative estimate of drug-likeness (QED) is 0.258. The van der Waals surface area contributed by atoms with E-state index in [-0.39, 0.29) is 11.7 Å². The maximum atomic E-state index is 11.0. The molecule has 1 rings (SSSR count).